The molecule has 1 unspecified atom stereocenters. The van der Waals surface area contributed by atoms with Gasteiger partial charge in [0.25, 0.3) is 0 Å². The van der Waals surface area contributed by atoms with Gasteiger partial charge in [-0.2, -0.15) is 0 Å². The van der Waals surface area contributed by atoms with Crippen LogP contribution in [0.5, 0.6) is 0 Å². The standard InChI is InChI=1S/C14H29NO/c1-2-3-4-5-9-14(16)10-8-13-15-11-6-7-12-15/h14,16H,2-13H2,1H3. The Morgan fingerprint density at radius 2 is 1.69 bits per heavy atom. The summed E-state index contributed by atoms with van der Waals surface area (Å²) in [5.41, 5.74) is 0. The van der Waals surface area contributed by atoms with Gasteiger partial charge in [0.2, 0.25) is 0 Å². The summed E-state index contributed by atoms with van der Waals surface area (Å²) >= 11 is 0. The maximum Gasteiger partial charge on any atom is 0.0540 e. The lowest BCUT2D eigenvalue weighted by molar-refractivity contribution is 0.143. The Labute approximate surface area is 101 Å². The topological polar surface area (TPSA) is 23.5 Å². The summed E-state index contributed by atoms with van der Waals surface area (Å²) in [6.07, 6.45) is 11.0. The zero-order valence-electron chi connectivity index (χ0n) is 11.0. The molecule has 1 saturated heterocycles. The number of rotatable bonds is 9. The maximum atomic E-state index is 9.80. The monoisotopic (exact) mass is 227 g/mol. The number of aliphatic hydroxyl groups excluding tert-OH is 1. The number of unbranched alkanes of at least 4 members (excludes halogenated alkanes) is 3. The summed E-state index contributed by atoms with van der Waals surface area (Å²) in [6, 6.07) is 0. The highest BCUT2D eigenvalue weighted by molar-refractivity contribution is 4.67. The first-order valence-electron chi connectivity index (χ1n) is 7.23. The van der Waals surface area contributed by atoms with Crippen LogP contribution in [0.1, 0.15) is 64.7 Å². The van der Waals surface area contributed by atoms with Crippen LogP contribution in [0.15, 0.2) is 0 Å². The molecule has 0 aliphatic carbocycles. The molecule has 1 aliphatic heterocycles. The van der Waals surface area contributed by atoms with Crippen LogP contribution in [-0.2, 0) is 0 Å². The molecule has 16 heavy (non-hydrogen) atoms. The Morgan fingerprint density at radius 1 is 1.00 bits per heavy atom. The fraction of sp³-hybridized carbons (Fsp3) is 1.00. The van der Waals surface area contributed by atoms with E-state index in [0.717, 1.165) is 12.8 Å². The molecule has 1 N–H and O–H groups in total. The fourth-order valence-electron chi connectivity index (χ4n) is 2.51. The maximum absolute atomic E-state index is 9.80. The Balaban J connectivity index is 1.87. The Kier molecular flexibility index (Phi) is 7.87. The van der Waals surface area contributed by atoms with Crippen molar-refractivity contribution in [1.82, 2.24) is 4.90 Å². The third-order valence-corrected chi connectivity index (χ3v) is 3.60. The second kappa shape index (κ2) is 9.00. The van der Waals surface area contributed by atoms with E-state index in [1.54, 1.807) is 0 Å². The van der Waals surface area contributed by atoms with Crippen molar-refractivity contribution in [2.45, 2.75) is 70.8 Å². The molecule has 1 fully saturated rings. The van der Waals surface area contributed by atoms with Crippen LogP contribution in [-0.4, -0.2) is 35.7 Å². The molecule has 2 nitrogen and oxygen atoms in total. The molecule has 0 aromatic carbocycles. The Morgan fingerprint density at radius 3 is 2.38 bits per heavy atom. The highest BCUT2D eigenvalue weighted by Crippen LogP contribution is 2.12. The third-order valence-electron chi connectivity index (χ3n) is 3.60. The first kappa shape index (κ1) is 14.0. The van der Waals surface area contributed by atoms with Crippen molar-refractivity contribution in [2.75, 3.05) is 19.6 Å². The number of aliphatic hydroxyl groups is 1. The Bertz CT molecular complexity index is 155. The average molecular weight is 227 g/mol. The molecule has 1 rings (SSSR count). The molecule has 0 spiro atoms. The summed E-state index contributed by atoms with van der Waals surface area (Å²) in [5.74, 6) is 0. The van der Waals surface area contributed by atoms with Crippen molar-refractivity contribution in [2.24, 2.45) is 0 Å². The van der Waals surface area contributed by atoms with Gasteiger partial charge >= 0.3 is 0 Å². The smallest absolute Gasteiger partial charge is 0.0540 e. The van der Waals surface area contributed by atoms with Crippen molar-refractivity contribution >= 4 is 0 Å². The largest absolute Gasteiger partial charge is 0.393 e. The minimum Gasteiger partial charge on any atom is -0.393 e. The van der Waals surface area contributed by atoms with Crippen molar-refractivity contribution in [3.05, 3.63) is 0 Å². The lowest BCUT2D eigenvalue weighted by Gasteiger charge is -2.16. The fourth-order valence-corrected chi connectivity index (χ4v) is 2.51. The molecule has 1 heterocycles. The van der Waals surface area contributed by atoms with E-state index in [1.807, 2.05) is 0 Å². The number of likely N-dealkylation sites (tertiary alicyclic amines) is 1. The highest BCUT2D eigenvalue weighted by Gasteiger charge is 2.11. The lowest BCUT2D eigenvalue weighted by Crippen LogP contribution is -2.21. The highest BCUT2D eigenvalue weighted by atomic mass is 16.3. The SMILES string of the molecule is CCCCCCC(O)CCCN1CCCC1. The van der Waals surface area contributed by atoms with E-state index >= 15 is 0 Å². The molecule has 2 heteroatoms. The van der Waals surface area contributed by atoms with Crippen molar-refractivity contribution in [3.63, 3.8) is 0 Å². The second-order valence-corrected chi connectivity index (χ2v) is 5.19. The minimum atomic E-state index is -0.0422. The van der Waals surface area contributed by atoms with Crippen LogP contribution in [0.4, 0.5) is 0 Å². The van der Waals surface area contributed by atoms with Gasteiger partial charge in [-0.3, -0.25) is 0 Å². The molecular formula is C14H29NO. The summed E-state index contributed by atoms with van der Waals surface area (Å²) in [5, 5.41) is 9.80. The van der Waals surface area contributed by atoms with E-state index in [9.17, 15) is 5.11 Å². The zero-order chi connectivity index (χ0) is 11.6. The number of hydrogen-bond donors (Lipinski definition) is 1. The van der Waals surface area contributed by atoms with E-state index in [4.69, 9.17) is 0 Å². The van der Waals surface area contributed by atoms with Crippen LogP contribution in [0.2, 0.25) is 0 Å². The van der Waals surface area contributed by atoms with Gasteiger partial charge in [-0.15, -0.1) is 0 Å². The molecule has 96 valence electrons. The van der Waals surface area contributed by atoms with Crippen molar-refractivity contribution in [3.8, 4) is 0 Å². The summed E-state index contributed by atoms with van der Waals surface area (Å²) in [4.78, 5) is 2.53. The Hall–Kier alpha value is -0.0800. The molecule has 1 atom stereocenters. The van der Waals surface area contributed by atoms with Crippen LogP contribution in [0, 0.1) is 0 Å². The van der Waals surface area contributed by atoms with E-state index in [-0.39, 0.29) is 6.10 Å². The number of nitrogens with zero attached hydrogens (tertiary/aromatic N) is 1. The van der Waals surface area contributed by atoms with Gasteiger partial charge in [0, 0.05) is 0 Å². The van der Waals surface area contributed by atoms with Gasteiger partial charge in [0.15, 0.2) is 0 Å². The molecule has 0 saturated carbocycles. The van der Waals surface area contributed by atoms with E-state index < -0.39 is 0 Å². The minimum absolute atomic E-state index is 0.0422. The quantitative estimate of drug-likeness (QED) is 0.611. The van der Waals surface area contributed by atoms with Gasteiger partial charge < -0.3 is 10.0 Å². The van der Waals surface area contributed by atoms with Gasteiger partial charge in [0.05, 0.1) is 6.10 Å². The van der Waals surface area contributed by atoms with Gasteiger partial charge in [0.1, 0.15) is 0 Å². The molecule has 1 aliphatic rings. The normalized spacial score (nSPS) is 19.1. The predicted octanol–water partition coefficient (Wildman–Crippen LogP) is 3.19. The molecule has 0 radical (unpaired) electrons. The second-order valence-electron chi connectivity index (χ2n) is 5.19. The molecule has 0 aromatic heterocycles. The van der Waals surface area contributed by atoms with Gasteiger partial charge in [-0.25, -0.2) is 0 Å². The van der Waals surface area contributed by atoms with E-state index in [1.165, 1.54) is 64.6 Å². The van der Waals surface area contributed by atoms with Crippen LogP contribution in [0.3, 0.4) is 0 Å². The summed E-state index contributed by atoms with van der Waals surface area (Å²) < 4.78 is 0. The molecule has 0 aromatic rings. The van der Waals surface area contributed by atoms with Crippen LogP contribution >= 0.6 is 0 Å². The van der Waals surface area contributed by atoms with Crippen LogP contribution in [0.25, 0.3) is 0 Å². The van der Waals surface area contributed by atoms with Crippen LogP contribution < -0.4 is 0 Å². The molecule has 0 bridgehead atoms. The lowest BCUT2D eigenvalue weighted by atomic mass is 10.1. The third kappa shape index (κ3) is 6.49. The van der Waals surface area contributed by atoms with Gasteiger partial charge in [-0.05, 0) is 51.7 Å². The summed E-state index contributed by atoms with van der Waals surface area (Å²) in [7, 11) is 0. The average Bonchev–Trinajstić information content (AvgIpc) is 2.77. The molecular weight excluding hydrogens is 198 g/mol. The molecule has 0 amide bonds. The number of hydrogen-bond acceptors (Lipinski definition) is 2. The van der Waals surface area contributed by atoms with Crippen molar-refractivity contribution in [1.29, 1.82) is 0 Å². The van der Waals surface area contributed by atoms with E-state index in [2.05, 4.69) is 11.8 Å². The first-order chi connectivity index (χ1) is 7.83. The first-order valence-corrected chi connectivity index (χ1v) is 7.23. The zero-order valence-corrected chi connectivity index (χ0v) is 11.0. The predicted molar refractivity (Wildman–Crippen MR) is 69.7 cm³/mol. The van der Waals surface area contributed by atoms with E-state index in [0.29, 0.717) is 0 Å². The van der Waals surface area contributed by atoms with Crippen molar-refractivity contribution < 1.29 is 5.11 Å². The summed E-state index contributed by atoms with van der Waals surface area (Å²) in [6.45, 7) is 6.00. The van der Waals surface area contributed by atoms with Gasteiger partial charge in [-0.1, -0.05) is 32.6 Å².